The van der Waals surface area contributed by atoms with E-state index >= 15 is 0 Å². The molecule has 0 aliphatic carbocycles. The first-order valence-corrected chi connectivity index (χ1v) is 17.9. The van der Waals surface area contributed by atoms with E-state index in [0.717, 1.165) is 83.2 Å². The molecule has 7 rings (SSSR count). The summed E-state index contributed by atoms with van der Waals surface area (Å²) in [6, 6.07) is 25.3. The van der Waals surface area contributed by atoms with Gasteiger partial charge in [-0.25, -0.2) is 8.42 Å². The molecule has 0 spiro atoms. The van der Waals surface area contributed by atoms with Gasteiger partial charge in [-0.1, -0.05) is 41.9 Å². The molecule has 0 amide bonds. The first-order valence-electron chi connectivity index (χ1n) is 14.8. The van der Waals surface area contributed by atoms with Crippen LogP contribution in [0.15, 0.2) is 101 Å². The van der Waals surface area contributed by atoms with Crippen molar-refractivity contribution >= 4 is 44.2 Å². The molecule has 11 heteroatoms. The van der Waals surface area contributed by atoms with Gasteiger partial charge in [0.25, 0.3) is 0 Å². The maximum atomic E-state index is 12.2. The Morgan fingerprint density at radius 3 is 2.40 bits per heavy atom. The van der Waals surface area contributed by atoms with Crippen LogP contribution < -0.4 is 14.4 Å². The van der Waals surface area contributed by atoms with Gasteiger partial charge >= 0.3 is 0 Å². The zero-order valence-electron chi connectivity index (χ0n) is 24.9. The summed E-state index contributed by atoms with van der Waals surface area (Å²) in [5.74, 6) is 1.64. The molecule has 4 aromatic rings. The number of para-hydroxylation sites is 1. The molecule has 0 N–H and O–H groups in total. The van der Waals surface area contributed by atoms with Crippen molar-refractivity contribution in [2.75, 3.05) is 57.2 Å². The number of halogens is 1. The predicted molar refractivity (Wildman–Crippen MR) is 181 cm³/mol. The van der Waals surface area contributed by atoms with Crippen LogP contribution in [0.1, 0.15) is 10.4 Å². The Morgan fingerprint density at radius 2 is 1.60 bits per heavy atom. The Morgan fingerprint density at radius 1 is 0.844 bits per heavy atom. The number of hydrogen-bond donors (Lipinski definition) is 0. The average Bonchev–Trinajstić information content (AvgIpc) is 3.72. The summed E-state index contributed by atoms with van der Waals surface area (Å²) in [4.78, 5) is 14.6. The van der Waals surface area contributed by atoms with Gasteiger partial charge in [0.05, 0.1) is 38.4 Å². The van der Waals surface area contributed by atoms with Crippen LogP contribution in [0.4, 0.5) is 5.69 Å². The molecular weight excluding hydrogens is 628 g/mol. The lowest BCUT2D eigenvalue weighted by Crippen LogP contribution is -2.46. The van der Waals surface area contributed by atoms with Gasteiger partial charge in [-0.05, 0) is 59.7 Å². The number of hydrogen-bond acceptors (Lipinski definition) is 9. The molecule has 0 saturated carbocycles. The number of aliphatic imine (C=N–C) groups is 1. The molecule has 3 aromatic carbocycles. The minimum absolute atomic E-state index is 0.290. The number of rotatable bonds is 8. The van der Waals surface area contributed by atoms with Gasteiger partial charge in [-0.2, -0.15) is 0 Å². The van der Waals surface area contributed by atoms with E-state index in [4.69, 9.17) is 26.1 Å². The third kappa shape index (κ3) is 6.80. The number of benzene rings is 3. The monoisotopic (exact) mass is 660 g/mol. The summed E-state index contributed by atoms with van der Waals surface area (Å²) in [5, 5.41) is 0.691. The zero-order chi connectivity index (χ0) is 31.0. The molecule has 4 heterocycles. The Labute approximate surface area is 272 Å². The van der Waals surface area contributed by atoms with E-state index in [1.807, 2.05) is 42.5 Å². The summed E-state index contributed by atoms with van der Waals surface area (Å²) in [6.07, 6.45) is 3.35. The van der Waals surface area contributed by atoms with Crippen molar-refractivity contribution in [1.29, 1.82) is 0 Å². The van der Waals surface area contributed by atoms with E-state index in [-0.39, 0.29) is 6.79 Å². The highest BCUT2D eigenvalue weighted by Crippen LogP contribution is 2.34. The molecule has 45 heavy (non-hydrogen) atoms. The molecular formula is C34H33ClN4O4S2. The van der Waals surface area contributed by atoms with Gasteiger partial charge in [0.2, 0.25) is 6.79 Å². The van der Waals surface area contributed by atoms with Gasteiger partial charge in [-0.3, -0.25) is 14.8 Å². The first-order chi connectivity index (χ1) is 21.8. The first kappa shape index (κ1) is 30.0. The second-order valence-electron chi connectivity index (χ2n) is 11.5. The molecule has 1 aromatic heterocycles. The quantitative estimate of drug-likeness (QED) is 0.224. The van der Waals surface area contributed by atoms with Crippen LogP contribution in [0.3, 0.4) is 0 Å². The minimum Gasteiger partial charge on any atom is -0.454 e. The Hall–Kier alpha value is -3.67. The lowest BCUT2D eigenvalue weighted by molar-refractivity contribution is 0.134. The second-order valence-corrected chi connectivity index (χ2v) is 15.0. The van der Waals surface area contributed by atoms with E-state index in [2.05, 4.69) is 39.1 Å². The summed E-state index contributed by atoms with van der Waals surface area (Å²) in [6.45, 7) is 6.30. The van der Waals surface area contributed by atoms with E-state index < -0.39 is 9.84 Å². The number of thiophene rings is 1. The van der Waals surface area contributed by atoms with Crippen molar-refractivity contribution in [2.24, 2.45) is 4.99 Å². The molecule has 3 aliphatic heterocycles. The summed E-state index contributed by atoms with van der Waals surface area (Å²) in [7, 11) is -3.30. The number of anilines is 1. The van der Waals surface area contributed by atoms with E-state index in [1.165, 1.54) is 11.8 Å². The molecule has 1 saturated heterocycles. The molecule has 3 aliphatic rings. The molecule has 1 fully saturated rings. The lowest BCUT2D eigenvalue weighted by Gasteiger charge is -2.35. The fraction of sp³-hybridized carbons (Fsp3) is 0.265. The number of ether oxygens (including phenoxy) is 2. The summed E-state index contributed by atoms with van der Waals surface area (Å²) >= 11 is 8.27. The Kier molecular flexibility index (Phi) is 8.41. The van der Waals surface area contributed by atoms with E-state index in [1.54, 1.807) is 29.5 Å². The van der Waals surface area contributed by atoms with Crippen molar-refractivity contribution < 1.29 is 17.9 Å². The summed E-state index contributed by atoms with van der Waals surface area (Å²) < 4.78 is 35.3. The average molecular weight is 661 g/mol. The minimum atomic E-state index is -3.30. The molecule has 0 unspecified atom stereocenters. The van der Waals surface area contributed by atoms with Crippen molar-refractivity contribution in [1.82, 2.24) is 9.80 Å². The highest BCUT2D eigenvalue weighted by Gasteiger charge is 2.24. The van der Waals surface area contributed by atoms with Gasteiger partial charge in [0.1, 0.15) is 0 Å². The largest absolute Gasteiger partial charge is 0.454 e. The van der Waals surface area contributed by atoms with Crippen LogP contribution in [0.2, 0.25) is 5.02 Å². The predicted octanol–water partition coefficient (Wildman–Crippen LogP) is 6.17. The molecule has 0 bridgehead atoms. The number of sulfone groups is 1. The van der Waals surface area contributed by atoms with Crippen LogP contribution >= 0.6 is 22.9 Å². The maximum Gasteiger partial charge on any atom is 0.231 e. The zero-order valence-corrected chi connectivity index (χ0v) is 27.2. The van der Waals surface area contributed by atoms with Crippen LogP contribution in [-0.4, -0.2) is 76.2 Å². The van der Waals surface area contributed by atoms with Crippen LogP contribution in [0.5, 0.6) is 11.5 Å². The van der Waals surface area contributed by atoms with Crippen LogP contribution in [-0.2, 0) is 16.4 Å². The second kappa shape index (κ2) is 12.6. The Balaban J connectivity index is 1.08. The topological polar surface area (TPSA) is 74.7 Å². The van der Waals surface area contributed by atoms with E-state index in [0.29, 0.717) is 16.5 Å². The van der Waals surface area contributed by atoms with Gasteiger partial charge < -0.3 is 14.4 Å². The van der Waals surface area contributed by atoms with E-state index in [9.17, 15) is 8.42 Å². The normalized spacial score (nSPS) is 17.3. The van der Waals surface area contributed by atoms with Gasteiger partial charge in [-0.15, -0.1) is 11.3 Å². The fourth-order valence-corrected chi connectivity index (χ4v) is 7.73. The standard InChI is InChI=1S/C34H33ClN4O4S2/c1-45(40,41)27-6-4-5-25(18-27)33-11-12-34(44-33)29-22-39(30-8-3-2-7-28(30)35)21-26(36-29)20-38-15-13-37(14-16-38)19-24-9-10-31-32(17-24)43-23-42-31/h2-12,17-18,21H,13-16,19-20,22-23H2,1H3. The smallest absolute Gasteiger partial charge is 0.231 e. The van der Waals surface area contributed by atoms with Crippen molar-refractivity contribution in [3.63, 3.8) is 0 Å². The van der Waals surface area contributed by atoms with Crippen molar-refractivity contribution in [2.45, 2.75) is 11.4 Å². The molecule has 8 nitrogen and oxygen atoms in total. The SMILES string of the molecule is CS(=O)(=O)c1cccc(-c2ccc(C3=NC(CN4CCN(Cc5ccc6c(c5)OCO6)CC4)=CN(c4ccccc4Cl)C3)s2)c1. The summed E-state index contributed by atoms with van der Waals surface area (Å²) in [5.41, 5.74) is 4.99. The third-order valence-electron chi connectivity index (χ3n) is 8.20. The van der Waals surface area contributed by atoms with Crippen molar-refractivity contribution in [3.05, 3.63) is 106 Å². The molecule has 0 atom stereocenters. The number of piperazine rings is 1. The Bertz CT molecular complexity index is 1900. The maximum absolute atomic E-state index is 12.2. The highest BCUT2D eigenvalue weighted by molar-refractivity contribution is 7.90. The van der Waals surface area contributed by atoms with Crippen molar-refractivity contribution in [3.8, 4) is 21.9 Å². The number of nitrogens with zero attached hydrogens (tertiary/aromatic N) is 4. The molecule has 232 valence electrons. The van der Waals surface area contributed by atoms with Gasteiger partial charge in [0, 0.05) is 56.6 Å². The number of fused-ring (bicyclic) bond motifs is 1. The van der Waals surface area contributed by atoms with Crippen LogP contribution in [0.25, 0.3) is 10.4 Å². The third-order valence-corrected chi connectivity index (χ3v) is 10.8. The van der Waals surface area contributed by atoms with Crippen LogP contribution in [0, 0.1) is 0 Å². The highest BCUT2D eigenvalue weighted by atomic mass is 35.5. The fourth-order valence-electron chi connectivity index (χ4n) is 5.83. The molecule has 0 radical (unpaired) electrons. The lowest BCUT2D eigenvalue weighted by atomic mass is 10.1. The van der Waals surface area contributed by atoms with Gasteiger partial charge in [0.15, 0.2) is 21.3 Å².